The third-order valence-electron chi connectivity index (χ3n) is 3.54. The first-order valence-electron chi connectivity index (χ1n) is 5.31. The van der Waals surface area contributed by atoms with Crippen molar-refractivity contribution in [3.8, 4) is 5.75 Å². The van der Waals surface area contributed by atoms with E-state index in [2.05, 4.69) is 0 Å². The molecule has 3 nitrogen and oxygen atoms in total. The summed E-state index contributed by atoms with van der Waals surface area (Å²) in [6.07, 6.45) is 1.55. The zero-order valence-corrected chi connectivity index (χ0v) is 10.0. The van der Waals surface area contributed by atoms with Gasteiger partial charge in [-0.25, -0.2) is 4.39 Å². The summed E-state index contributed by atoms with van der Waals surface area (Å²) in [7, 11) is 0. The summed E-state index contributed by atoms with van der Waals surface area (Å²) in [4.78, 5) is 11.4. The molecule has 0 spiro atoms. The first kappa shape index (κ1) is 12.2. The molecule has 1 saturated carbocycles. The van der Waals surface area contributed by atoms with Gasteiger partial charge in [0.2, 0.25) is 0 Å². The molecule has 1 aliphatic carbocycles. The monoisotopic (exact) mass is 258 g/mol. The number of aromatic hydroxyl groups is 1. The van der Waals surface area contributed by atoms with Gasteiger partial charge in [0, 0.05) is 5.56 Å². The molecule has 0 amide bonds. The van der Waals surface area contributed by atoms with Crippen molar-refractivity contribution in [2.24, 2.45) is 0 Å². The van der Waals surface area contributed by atoms with Crippen LogP contribution in [0, 0.1) is 12.7 Å². The van der Waals surface area contributed by atoms with Crippen molar-refractivity contribution in [2.45, 2.75) is 31.6 Å². The average Bonchev–Trinajstić information content (AvgIpc) is 2.18. The van der Waals surface area contributed by atoms with Gasteiger partial charge in [0.1, 0.15) is 11.6 Å². The standard InChI is InChI=1S/C12H12ClFO3/c1-6-8(14)5-7(13)10(15)9(6)12(11(16)17)3-2-4-12/h5,15H,2-4H2,1H3,(H,16,17). The van der Waals surface area contributed by atoms with Gasteiger partial charge in [-0.05, 0) is 31.4 Å². The third kappa shape index (κ3) is 1.59. The van der Waals surface area contributed by atoms with Crippen LogP contribution >= 0.6 is 11.6 Å². The van der Waals surface area contributed by atoms with Gasteiger partial charge in [-0.3, -0.25) is 4.79 Å². The molecule has 0 heterocycles. The van der Waals surface area contributed by atoms with E-state index in [0.29, 0.717) is 12.8 Å². The Morgan fingerprint density at radius 1 is 1.53 bits per heavy atom. The number of carboxylic acid groups (broad SMARTS) is 1. The van der Waals surface area contributed by atoms with Crippen molar-refractivity contribution >= 4 is 17.6 Å². The van der Waals surface area contributed by atoms with Crippen LogP contribution in [-0.4, -0.2) is 16.2 Å². The van der Waals surface area contributed by atoms with Crippen LogP contribution in [0.3, 0.4) is 0 Å². The molecule has 0 atom stereocenters. The van der Waals surface area contributed by atoms with Crippen molar-refractivity contribution in [1.29, 1.82) is 0 Å². The fourth-order valence-corrected chi connectivity index (χ4v) is 2.58. The Hall–Kier alpha value is -1.29. The first-order valence-corrected chi connectivity index (χ1v) is 5.69. The minimum atomic E-state index is -1.18. The Bertz CT molecular complexity index is 469. The Morgan fingerprint density at radius 3 is 2.53 bits per heavy atom. The number of carbonyl (C=O) groups is 1. The van der Waals surface area contributed by atoms with Crippen molar-refractivity contribution in [3.05, 3.63) is 28.0 Å². The lowest BCUT2D eigenvalue weighted by molar-refractivity contribution is -0.147. The van der Waals surface area contributed by atoms with Gasteiger partial charge in [0.25, 0.3) is 0 Å². The quantitative estimate of drug-likeness (QED) is 0.857. The van der Waals surface area contributed by atoms with E-state index in [1.54, 1.807) is 0 Å². The van der Waals surface area contributed by atoms with Gasteiger partial charge in [-0.15, -0.1) is 0 Å². The summed E-state index contributed by atoms with van der Waals surface area (Å²) in [5, 5.41) is 19.0. The smallest absolute Gasteiger partial charge is 0.314 e. The minimum Gasteiger partial charge on any atom is -0.506 e. The predicted octanol–water partition coefficient (Wildman–Crippen LogP) is 3.00. The highest BCUT2D eigenvalue weighted by Crippen LogP contribution is 2.50. The van der Waals surface area contributed by atoms with E-state index in [1.807, 2.05) is 0 Å². The van der Waals surface area contributed by atoms with Gasteiger partial charge in [-0.1, -0.05) is 18.0 Å². The zero-order valence-electron chi connectivity index (χ0n) is 9.26. The van der Waals surface area contributed by atoms with Crippen molar-refractivity contribution in [1.82, 2.24) is 0 Å². The second kappa shape index (κ2) is 3.88. The molecule has 1 fully saturated rings. The van der Waals surface area contributed by atoms with Gasteiger partial charge < -0.3 is 10.2 Å². The Kier molecular flexibility index (Phi) is 2.78. The number of halogens is 2. The molecule has 0 bridgehead atoms. The molecular formula is C12H12ClFO3. The molecule has 1 aliphatic rings. The number of phenols is 1. The van der Waals surface area contributed by atoms with Crippen molar-refractivity contribution in [3.63, 3.8) is 0 Å². The first-order chi connectivity index (χ1) is 7.90. The van der Waals surface area contributed by atoms with Gasteiger partial charge >= 0.3 is 5.97 Å². The molecule has 0 aliphatic heterocycles. The van der Waals surface area contributed by atoms with Crippen LogP contribution in [0.5, 0.6) is 5.75 Å². The molecule has 0 radical (unpaired) electrons. The summed E-state index contributed by atoms with van der Waals surface area (Å²) >= 11 is 5.70. The Balaban J connectivity index is 2.70. The number of hydrogen-bond donors (Lipinski definition) is 2. The summed E-state index contributed by atoms with van der Waals surface area (Å²) in [5.74, 6) is -1.94. The fourth-order valence-electron chi connectivity index (χ4n) is 2.39. The maximum absolute atomic E-state index is 13.6. The lowest BCUT2D eigenvalue weighted by Crippen LogP contribution is -2.43. The number of hydrogen-bond acceptors (Lipinski definition) is 2. The number of aliphatic carboxylic acids is 1. The minimum absolute atomic E-state index is 0.126. The summed E-state index contributed by atoms with van der Waals surface area (Å²) < 4.78 is 13.6. The van der Waals surface area contributed by atoms with Gasteiger partial charge in [0.05, 0.1) is 10.4 Å². The third-order valence-corrected chi connectivity index (χ3v) is 3.83. The molecule has 2 rings (SSSR count). The van der Waals surface area contributed by atoms with E-state index in [1.165, 1.54) is 6.92 Å². The van der Waals surface area contributed by atoms with Crippen molar-refractivity contribution < 1.29 is 19.4 Å². The second-order valence-corrected chi connectivity index (χ2v) is 4.84. The lowest BCUT2D eigenvalue weighted by atomic mass is 9.63. The molecule has 1 aromatic carbocycles. The average molecular weight is 259 g/mol. The molecule has 17 heavy (non-hydrogen) atoms. The van der Waals surface area contributed by atoms with E-state index in [-0.39, 0.29) is 21.9 Å². The lowest BCUT2D eigenvalue weighted by Gasteiger charge is -2.39. The number of phenolic OH excluding ortho intramolecular Hbond substituents is 1. The molecule has 0 aromatic heterocycles. The number of carboxylic acids is 1. The maximum atomic E-state index is 13.6. The highest BCUT2D eigenvalue weighted by atomic mass is 35.5. The van der Waals surface area contributed by atoms with Gasteiger partial charge in [-0.2, -0.15) is 0 Å². The summed E-state index contributed by atoms with van der Waals surface area (Å²) in [5.41, 5.74) is -0.893. The highest BCUT2D eigenvalue weighted by molar-refractivity contribution is 6.32. The van der Waals surface area contributed by atoms with E-state index >= 15 is 0 Å². The Morgan fingerprint density at radius 2 is 2.12 bits per heavy atom. The SMILES string of the molecule is Cc1c(F)cc(Cl)c(O)c1C1(C(=O)O)CCC1. The zero-order chi connectivity index (χ0) is 12.8. The maximum Gasteiger partial charge on any atom is 0.314 e. The highest BCUT2D eigenvalue weighted by Gasteiger charge is 2.49. The largest absolute Gasteiger partial charge is 0.506 e. The van der Waals surface area contributed by atoms with Crippen LogP contribution in [0.15, 0.2) is 6.07 Å². The van der Waals surface area contributed by atoms with Crippen LogP contribution < -0.4 is 0 Å². The molecule has 2 N–H and O–H groups in total. The molecule has 92 valence electrons. The molecule has 0 saturated heterocycles. The van der Waals surface area contributed by atoms with Crippen LogP contribution in [0.2, 0.25) is 5.02 Å². The van der Waals surface area contributed by atoms with Gasteiger partial charge in [0.15, 0.2) is 0 Å². The molecule has 0 unspecified atom stereocenters. The van der Waals surface area contributed by atoms with Crippen LogP contribution in [-0.2, 0) is 10.2 Å². The Labute approximate surface area is 103 Å². The number of rotatable bonds is 2. The summed E-state index contributed by atoms with van der Waals surface area (Å²) in [6, 6.07) is 1.00. The van der Waals surface area contributed by atoms with Crippen LogP contribution in [0.1, 0.15) is 30.4 Å². The fraction of sp³-hybridized carbons (Fsp3) is 0.417. The van der Waals surface area contributed by atoms with E-state index in [9.17, 15) is 19.4 Å². The normalized spacial score (nSPS) is 17.6. The molecular weight excluding hydrogens is 247 g/mol. The molecule has 1 aromatic rings. The topological polar surface area (TPSA) is 57.5 Å². The predicted molar refractivity (Wildman–Crippen MR) is 61.0 cm³/mol. The van der Waals surface area contributed by atoms with Crippen LogP contribution in [0.25, 0.3) is 0 Å². The summed E-state index contributed by atoms with van der Waals surface area (Å²) in [6.45, 7) is 1.46. The number of benzene rings is 1. The van der Waals surface area contributed by atoms with E-state index in [0.717, 1.165) is 12.5 Å². The van der Waals surface area contributed by atoms with Crippen LogP contribution in [0.4, 0.5) is 4.39 Å². The van der Waals surface area contributed by atoms with Crippen molar-refractivity contribution in [2.75, 3.05) is 0 Å². The van der Waals surface area contributed by atoms with E-state index < -0.39 is 17.2 Å². The van der Waals surface area contributed by atoms with E-state index in [4.69, 9.17) is 11.6 Å². The second-order valence-electron chi connectivity index (χ2n) is 4.43. The molecule has 5 heteroatoms.